The van der Waals surface area contributed by atoms with Gasteiger partial charge in [0.15, 0.2) is 0 Å². The van der Waals surface area contributed by atoms with E-state index < -0.39 is 0 Å². The highest BCUT2D eigenvalue weighted by Gasteiger charge is 2.22. The molecular formula is C21H21ClN6O. The van der Waals surface area contributed by atoms with Gasteiger partial charge in [-0.25, -0.2) is 15.0 Å². The highest BCUT2D eigenvalue weighted by molar-refractivity contribution is 6.34. The Labute approximate surface area is 173 Å². The minimum atomic E-state index is -0.0464. The van der Waals surface area contributed by atoms with Gasteiger partial charge in [0.1, 0.15) is 18.0 Å². The van der Waals surface area contributed by atoms with E-state index in [1.54, 1.807) is 17.3 Å². The van der Waals surface area contributed by atoms with Gasteiger partial charge in [-0.1, -0.05) is 24.2 Å². The van der Waals surface area contributed by atoms with Crippen LogP contribution in [0.3, 0.4) is 0 Å². The topological polar surface area (TPSA) is 88.2 Å². The largest absolute Gasteiger partial charge is 0.384 e. The van der Waals surface area contributed by atoms with Gasteiger partial charge in [-0.2, -0.15) is 0 Å². The molecule has 1 aliphatic heterocycles. The molecule has 0 unspecified atom stereocenters. The number of carbonyl (C=O) groups is 1. The molecule has 8 heteroatoms. The van der Waals surface area contributed by atoms with Crippen molar-refractivity contribution in [2.45, 2.75) is 6.92 Å². The summed E-state index contributed by atoms with van der Waals surface area (Å²) < 4.78 is 0. The number of aryl methyl sites for hydroxylation is 1. The van der Waals surface area contributed by atoms with Crippen LogP contribution in [0.25, 0.3) is 22.2 Å². The maximum absolute atomic E-state index is 11.8. The molecule has 1 aromatic carbocycles. The third kappa shape index (κ3) is 3.61. The lowest BCUT2D eigenvalue weighted by molar-refractivity contribution is -0.126. The van der Waals surface area contributed by atoms with Crippen molar-refractivity contribution >= 4 is 40.0 Å². The van der Waals surface area contributed by atoms with Crippen molar-refractivity contribution in [1.82, 2.24) is 19.9 Å². The fourth-order valence-electron chi connectivity index (χ4n) is 3.58. The van der Waals surface area contributed by atoms with Crippen LogP contribution in [0.5, 0.6) is 0 Å². The molecule has 0 aliphatic carbocycles. The molecule has 0 bridgehead atoms. The maximum Gasteiger partial charge on any atom is 0.246 e. The molecule has 148 valence electrons. The van der Waals surface area contributed by atoms with Gasteiger partial charge in [0.2, 0.25) is 5.91 Å². The van der Waals surface area contributed by atoms with Crippen molar-refractivity contribution in [2.75, 3.05) is 36.8 Å². The fourth-order valence-corrected chi connectivity index (χ4v) is 3.83. The third-order valence-corrected chi connectivity index (χ3v) is 5.45. The first-order chi connectivity index (χ1) is 14.0. The number of rotatable bonds is 3. The monoisotopic (exact) mass is 408 g/mol. The molecule has 7 nitrogen and oxygen atoms in total. The molecule has 0 atom stereocenters. The lowest BCUT2D eigenvalue weighted by Crippen LogP contribution is -2.48. The van der Waals surface area contributed by atoms with Crippen LogP contribution < -0.4 is 10.6 Å². The molecule has 1 aliphatic rings. The van der Waals surface area contributed by atoms with Gasteiger partial charge in [0.05, 0.1) is 16.2 Å². The lowest BCUT2D eigenvalue weighted by Gasteiger charge is -2.35. The van der Waals surface area contributed by atoms with Crippen molar-refractivity contribution in [1.29, 1.82) is 0 Å². The van der Waals surface area contributed by atoms with Crippen LogP contribution in [-0.2, 0) is 4.79 Å². The van der Waals surface area contributed by atoms with E-state index in [2.05, 4.69) is 26.4 Å². The van der Waals surface area contributed by atoms with Gasteiger partial charge < -0.3 is 15.5 Å². The van der Waals surface area contributed by atoms with Gasteiger partial charge in [-0.3, -0.25) is 4.79 Å². The molecule has 0 spiro atoms. The first-order valence-corrected chi connectivity index (χ1v) is 9.70. The second-order valence-corrected chi connectivity index (χ2v) is 7.37. The Bertz CT molecular complexity index is 1110. The number of amides is 1. The van der Waals surface area contributed by atoms with E-state index in [4.69, 9.17) is 17.3 Å². The number of hydrogen-bond donors (Lipinski definition) is 1. The number of fused-ring (bicyclic) bond motifs is 1. The van der Waals surface area contributed by atoms with E-state index in [1.807, 2.05) is 25.1 Å². The summed E-state index contributed by atoms with van der Waals surface area (Å²) in [5, 5.41) is 1.43. The zero-order valence-electron chi connectivity index (χ0n) is 16.1. The molecule has 1 amide bonds. The summed E-state index contributed by atoms with van der Waals surface area (Å²) in [4.78, 5) is 29.1. The number of benzene rings is 1. The van der Waals surface area contributed by atoms with Gasteiger partial charge in [-0.15, -0.1) is 0 Å². The Morgan fingerprint density at radius 3 is 2.69 bits per heavy atom. The number of nitrogens with zero attached hydrogens (tertiary/aromatic N) is 5. The number of hydrogen-bond acceptors (Lipinski definition) is 6. The molecule has 1 saturated heterocycles. The predicted molar refractivity (Wildman–Crippen MR) is 116 cm³/mol. The summed E-state index contributed by atoms with van der Waals surface area (Å²) in [6, 6.07) is 7.50. The molecule has 3 aromatic rings. The Kier molecular flexibility index (Phi) is 5.07. The molecule has 29 heavy (non-hydrogen) atoms. The summed E-state index contributed by atoms with van der Waals surface area (Å²) in [6.07, 6.45) is 2.90. The van der Waals surface area contributed by atoms with E-state index in [0.29, 0.717) is 37.0 Å². The quantitative estimate of drug-likeness (QED) is 0.670. The first kappa shape index (κ1) is 19.1. The first-order valence-electron chi connectivity index (χ1n) is 9.32. The number of pyridine rings is 1. The standard InChI is InChI=1S/C21H21ClN6O/c1-3-19(29)27-6-8-28(9-7-27)21-15-10-16(22)14(11-17(15)24-12-25-21)20-13(2)4-5-18(23)26-20/h3-5,10-12H,1,6-9H2,2H3,(H2,23,26). The maximum atomic E-state index is 11.8. The summed E-state index contributed by atoms with van der Waals surface area (Å²) in [7, 11) is 0. The van der Waals surface area contributed by atoms with Crippen molar-refractivity contribution < 1.29 is 4.79 Å². The summed E-state index contributed by atoms with van der Waals surface area (Å²) in [6.45, 7) is 8.13. The molecule has 1 fully saturated rings. The average molecular weight is 409 g/mol. The summed E-state index contributed by atoms with van der Waals surface area (Å²) in [5.41, 5.74) is 9.17. The zero-order chi connectivity index (χ0) is 20.5. The second-order valence-electron chi connectivity index (χ2n) is 6.96. The van der Waals surface area contributed by atoms with Crippen LogP contribution in [0.4, 0.5) is 11.6 Å². The second kappa shape index (κ2) is 7.67. The highest BCUT2D eigenvalue weighted by Crippen LogP contribution is 2.35. The van der Waals surface area contributed by atoms with E-state index in [-0.39, 0.29) is 5.91 Å². The van der Waals surface area contributed by atoms with E-state index in [0.717, 1.165) is 33.5 Å². The molecular weight excluding hydrogens is 388 g/mol. The Morgan fingerprint density at radius 1 is 1.21 bits per heavy atom. The van der Waals surface area contributed by atoms with E-state index >= 15 is 0 Å². The normalized spacial score (nSPS) is 14.3. The van der Waals surface area contributed by atoms with Gasteiger partial charge >= 0.3 is 0 Å². The zero-order valence-corrected chi connectivity index (χ0v) is 16.9. The Hall–Kier alpha value is -3.19. The molecule has 3 heterocycles. The number of piperazine rings is 1. The fraction of sp³-hybridized carbons (Fsp3) is 0.238. The van der Waals surface area contributed by atoms with Gasteiger partial charge in [0, 0.05) is 37.1 Å². The highest BCUT2D eigenvalue weighted by atomic mass is 35.5. The molecule has 2 aromatic heterocycles. The molecule has 0 radical (unpaired) electrons. The minimum absolute atomic E-state index is 0.0464. The Morgan fingerprint density at radius 2 is 1.97 bits per heavy atom. The van der Waals surface area contributed by atoms with Crippen molar-refractivity contribution in [3.05, 3.63) is 53.8 Å². The van der Waals surface area contributed by atoms with Crippen LogP contribution in [0.15, 0.2) is 43.2 Å². The van der Waals surface area contributed by atoms with Crippen LogP contribution in [0, 0.1) is 6.92 Å². The number of aromatic nitrogens is 3. The third-order valence-electron chi connectivity index (χ3n) is 5.14. The van der Waals surface area contributed by atoms with Crippen LogP contribution in [0.2, 0.25) is 5.02 Å². The van der Waals surface area contributed by atoms with Crippen LogP contribution in [-0.4, -0.2) is 51.9 Å². The summed E-state index contributed by atoms with van der Waals surface area (Å²) in [5.74, 6) is 1.21. The van der Waals surface area contributed by atoms with E-state index in [9.17, 15) is 4.79 Å². The number of anilines is 2. The van der Waals surface area contributed by atoms with Gasteiger partial charge in [0.25, 0.3) is 0 Å². The Balaban J connectivity index is 1.72. The van der Waals surface area contributed by atoms with Crippen molar-refractivity contribution in [3.63, 3.8) is 0 Å². The van der Waals surface area contributed by atoms with Gasteiger partial charge in [-0.05, 0) is 36.8 Å². The smallest absolute Gasteiger partial charge is 0.246 e. The number of halogens is 1. The minimum Gasteiger partial charge on any atom is -0.384 e. The average Bonchev–Trinajstić information content (AvgIpc) is 2.74. The predicted octanol–water partition coefficient (Wildman–Crippen LogP) is 3.07. The molecule has 0 saturated carbocycles. The summed E-state index contributed by atoms with van der Waals surface area (Å²) >= 11 is 6.64. The van der Waals surface area contributed by atoms with Crippen LogP contribution >= 0.6 is 11.6 Å². The van der Waals surface area contributed by atoms with Crippen molar-refractivity contribution in [3.8, 4) is 11.3 Å². The lowest BCUT2D eigenvalue weighted by atomic mass is 10.0. The molecule has 4 rings (SSSR count). The van der Waals surface area contributed by atoms with E-state index in [1.165, 1.54) is 6.08 Å². The molecule has 2 N–H and O–H groups in total. The SMILES string of the molecule is C=CC(=O)N1CCN(c2ncnc3cc(-c4nc(N)ccc4C)c(Cl)cc23)CC1. The van der Waals surface area contributed by atoms with Crippen LogP contribution in [0.1, 0.15) is 5.56 Å². The van der Waals surface area contributed by atoms with Crippen molar-refractivity contribution in [2.24, 2.45) is 0 Å². The number of nitrogens with two attached hydrogens (primary N) is 1. The number of carbonyl (C=O) groups excluding carboxylic acids is 1. The number of nitrogen functional groups attached to an aromatic ring is 1.